The molecule has 2 aromatic rings. The summed E-state index contributed by atoms with van der Waals surface area (Å²) in [6.45, 7) is 3.04. The van der Waals surface area contributed by atoms with Gasteiger partial charge in [-0.05, 0) is 37.6 Å². The van der Waals surface area contributed by atoms with Gasteiger partial charge in [0.1, 0.15) is 11.5 Å². The third-order valence-corrected chi connectivity index (χ3v) is 5.95. The number of rotatable bonds is 8. The molecule has 1 heterocycles. The first-order valence-corrected chi connectivity index (χ1v) is 10.3. The molecule has 0 fully saturated rings. The van der Waals surface area contributed by atoms with Gasteiger partial charge in [-0.15, -0.1) is 0 Å². The maximum atomic E-state index is 12.2. The van der Waals surface area contributed by atoms with Gasteiger partial charge in [0.2, 0.25) is 20.0 Å². The highest BCUT2D eigenvalue weighted by Crippen LogP contribution is 2.21. The Morgan fingerprint density at radius 3 is 2.44 bits per heavy atom. The summed E-state index contributed by atoms with van der Waals surface area (Å²) in [6.07, 6.45) is 0. The Labute approximate surface area is 146 Å². The lowest BCUT2D eigenvalue weighted by molar-refractivity contribution is 0.400. The number of hydrogen-bond acceptors (Lipinski definition) is 7. The normalized spacial score (nSPS) is 12.1. The van der Waals surface area contributed by atoms with Crippen molar-refractivity contribution in [2.75, 3.05) is 24.1 Å². The molecule has 0 aliphatic heterocycles. The molecule has 0 saturated carbocycles. The molecule has 0 saturated heterocycles. The molecule has 0 radical (unpaired) electrons. The molecule has 11 heteroatoms. The maximum absolute atomic E-state index is 12.2. The van der Waals surface area contributed by atoms with E-state index in [1.807, 2.05) is 0 Å². The first-order valence-electron chi connectivity index (χ1n) is 7.21. The van der Waals surface area contributed by atoms with Gasteiger partial charge in [-0.2, -0.15) is 0 Å². The molecule has 0 unspecified atom stereocenters. The van der Waals surface area contributed by atoms with Crippen LogP contribution < -0.4 is 14.2 Å². The summed E-state index contributed by atoms with van der Waals surface area (Å²) in [4.78, 5) is 0.0308. The molecule has 0 aliphatic rings. The van der Waals surface area contributed by atoms with Gasteiger partial charge < -0.3 is 9.26 Å². The third-order valence-electron chi connectivity index (χ3n) is 3.23. The zero-order valence-electron chi connectivity index (χ0n) is 13.9. The Morgan fingerprint density at radius 2 is 1.88 bits per heavy atom. The van der Waals surface area contributed by atoms with E-state index in [1.54, 1.807) is 13.8 Å². The first-order chi connectivity index (χ1) is 11.6. The highest BCUT2D eigenvalue weighted by Gasteiger charge is 2.18. The van der Waals surface area contributed by atoms with E-state index in [0.717, 1.165) is 0 Å². The molecular weight excluding hydrogens is 370 g/mol. The fraction of sp³-hybridized carbons (Fsp3) is 0.357. The van der Waals surface area contributed by atoms with Gasteiger partial charge >= 0.3 is 0 Å². The number of nitrogens with one attached hydrogen (secondary N) is 2. The van der Waals surface area contributed by atoms with Gasteiger partial charge in [0.05, 0.1) is 17.8 Å². The molecule has 0 bridgehead atoms. The second kappa shape index (κ2) is 7.42. The van der Waals surface area contributed by atoms with E-state index >= 15 is 0 Å². The monoisotopic (exact) mass is 389 g/mol. The van der Waals surface area contributed by atoms with E-state index in [1.165, 1.54) is 31.4 Å². The molecule has 2 N–H and O–H groups in total. The number of nitrogens with zero attached hydrogens (tertiary/aromatic N) is 1. The quantitative estimate of drug-likeness (QED) is 0.690. The topological polar surface area (TPSA) is 128 Å². The zero-order valence-corrected chi connectivity index (χ0v) is 15.6. The Balaban J connectivity index is 1.98. The van der Waals surface area contributed by atoms with Crippen LogP contribution in [0.1, 0.15) is 11.3 Å². The van der Waals surface area contributed by atoms with Gasteiger partial charge in [0.25, 0.3) is 0 Å². The van der Waals surface area contributed by atoms with Crippen molar-refractivity contribution < 1.29 is 26.1 Å². The van der Waals surface area contributed by atoms with Gasteiger partial charge in [0.15, 0.2) is 5.82 Å². The largest absolute Gasteiger partial charge is 0.496 e. The van der Waals surface area contributed by atoms with E-state index < -0.39 is 25.8 Å². The minimum Gasteiger partial charge on any atom is -0.496 e. The molecule has 1 aromatic heterocycles. The maximum Gasteiger partial charge on any atom is 0.240 e. The van der Waals surface area contributed by atoms with Crippen molar-refractivity contribution in [2.45, 2.75) is 18.7 Å². The SMILES string of the molecule is COc1ccc(S(=O)(=O)NCCS(=O)(=O)Nc2cc(C)on2)cc1C. The lowest BCUT2D eigenvalue weighted by Gasteiger charge is -2.10. The Hall–Kier alpha value is -2.11. The van der Waals surface area contributed by atoms with Crippen molar-refractivity contribution in [2.24, 2.45) is 0 Å². The molecule has 2 rings (SSSR count). The van der Waals surface area contributed by atoms with Gasteiger partial charge in [-0.25, -0.2) is 21.6 Å². The minimum absolute atomic E-state index is 0.0308. The fourth-order valence-electron chi connectivity index (χ4n) is 2.04. The standard InChI is InChI=1S/C14H19N3O6S2/c1-10-8-12(4-5-13(10)22-3)25(20,21)15-6-7-24(18,19)17-14-9-11(2)23-16-14/h4-5,8-9,15H,6-7H2,1-3H3,(H,16,17). The van der Waals surface area contributed by atoms with Gasteiger partial charge in [-0.1, -0.05) is 5.16 Å². The van der Waals surface area contributed by atoms with E-state index in [0.29, 0.717) is 17.1 Å². The molecule has 0 atom stereocenters. The van der Waals surface area contributed by atoms with Crippen LogP contribution in [-0.2, 0) is 20.0 Å². The smallest absolute Gasteiger partial charge is 0.240 e. The van der Waals surface area contributed by atoms with Crippen molar-refractivity contribution >= 4 is 25.9 Å². The second-order valence-corrected chi connectivity index (χ2v) is 8.88. The van der Waals surface area contributed by atoms with Crippen LogP contribution in [0.3, 0.4) is 0 Å². The van der Waals surface area contributed by atoms with Crippen LogP contribution in [0.5, 0.6) is 5.75 Å². The first kappa shape index (κ1) is 19.2. The number of benzene rings is 1. The number of methoxy groups -OCH3 is 1. The van der Waals surface area contributed by atoms with Crippen LogP contribution in [0.25, 0.3) is 0 Å². The Morgan fingerprint density at radius 1 is 1.16 bits per heavy atom. The van der Waals surface area contributed by atoms with Crippen molar-refractivity contribution in [3.8, 4) is 5.75 Å². The lowest BCUT2D eigenvalue weighted by atomic mass is 10.2. The average molecular weight is 389 g/mol. The number of aromatic nitrogens is 1. The van der Waals surface area contributed by atoms with Crippen LogP contribution in [0.4, 0.5) is 5.82 Å². The summed E-state index contributed by atoms with van der Waals surface area (Å²) >= 11 is 0. The van der Waals surface area contributed by atoms with Crippen LogP contribution in [0.15, 0.2) is 33.7 Å². The summed E-state index contributed by atoms with van der Waals surface area (Å²) in [7, 11) is -6.11. The van der Waals surface area contributed by atoms with Crippen LogP contribution in [0.2, 0.25) is 0 Å². The molecule has 25 heavy (non-hydrogen) atoms. The van der Waals surface area contributed by atoms with Gasteiger partial charge in [-0.3, -0.25) is 4.72 Å². The van der Waals surface area contributed by atoms with E-state index in [-0.39, 0.29) is 17.3 Å². The van der Waals surface area contributed by atoms with Crippen LogP contribution in [0, 0.1) is 13.8 Å². The minimum atomic E-state index is -3.83. The fourth-order valence-corrected chi connectivity index (χ4v) is 4.17. The summed E-state index contributed by atoms with van der Waals surface area (Å²) in [6, 6.07) is 5.79. The van der Waals surface area contributed by atoms with E-state index in [9.17, 15) is 16.8 Å². The number of ether oxygens (including phenoxy) is 1. The Bertz CT molecular complexity index is 951. The number of hydrogen-bond donors (Lipinski definition) is 2. The van der Waals surface area contributed by atoms with Gasteiger partial charge in [0, 0.05) is 12.6 Å². The van der Waals surface area contributed by atoms with Crippen LogP contribution >= 0.6 is 0 Å². The van der Waals surface area contributed by atoms with Crippen LogP contribution in [-0.4, -0.2) is 41.4 Å². The number of aryl methyl sites for hydroxylation is 2. The van der Waals surface area contributed by atoms with Crippen molar-refractivity contribution in [3.63, 3.8) is 0 Å². The molecular formula is C14H19N3O6S2. The number of sulfonamides is 2. The number of anilines is 1. The van der Waals surface area contributed by atoms with Crippen molar-refractivity contribution in [1.29, 1.82) is 0 Å². The van der Waals surface area contributed by atoms with Crippen molar-refractivity contribution in [3.05, 3.63) is 35.6 Å². The molecule has 9 nitrogen and oxygen atoms in total. The average Bonchev–Trinajstić information content (AvgIpc) is 2.90. The predicted molar refractivity (Wildman–Crippen MR) is 91.6 cm³/mol. The van der Waals surface area contributed by atoms with Crippen molar-refractivity contribution in [1.82, 2.24) is 9.88 Å². The molecule has 0 spiro atoms. The molecule has 138 valence electrons. The molecule has 0 amide bonds. The summed E-state index contributed by atoms with van der Waals surface area (Å²) < 4.78 is 62.6. The summed E-state index contributed by atoms with van der Waals surface area (Å²) in [5.41, 5.74) is 0.654. The summed E-state index contributed by atoms with van der Waals surface area (Å²) in [5, 5.41) is 3.52. The molecule has 1 aromatic carbocycles. The second-order valence-electron chi connectivity index (χ2n) is 5.27. The molecule has 0 aliphatic carbocycles. The zero-order chi connectivity index (χ0) is 18.7. The predicted octanol–water partition coefficient (Wildman–Crippen LogP) is 1.02. The van der Waals surface area contributed by atoms with E-state index in [2.05, 4.69) is 14.6 Å². The Kier molecular flexibility index (Phi) is 5.70. The summed E-state index contributed by atoms with van der Waals surface area (Å²) in [5.74, 6) is 0.612. The lowest BCUT2D eigenvalue weighted by Crippen LogP contribution is -2.31. The highest BCUT2D eigenvalue weighted by atomic mass is 32.2. The van der Waals surface area contributed by atoms with E-state index in [4.69, 9.17) is 9.26 Å². The highest BCUT2D eigenvalue weighted by molar-refractivity contribution is 7.92. The third kappa shape index (κ3) is 5.18.